The molecule has 2 aromatic rings. The molecule has 26 heavy (non-hydrogen) atoms. The third-order valence-electron chi connectivity index (χ3n) is 4.84. The normalized spacial score (nSPS) is 16.7. The summed E-state index contributed by atoms with van der Waals surface area (Å²) in [4.78, 5) is 8.58. The Morgan fingerprint density at radius 1 is 1.23 bits per heavy atom. The van der Waals surface area contributed by atoms with Gasteiger partial charge in [-0.15, -0.1) is 0 Å². The van der Waals surface area contributed by atoms with Crippen LogP contribution in [-0.2, 0) is 22.1 Å². The van der Waals surface area contributed by atoms with Gasteiger partial charge < -0.3 is 4.57 Å². The first-order valence-electron chi connectivity index (χ1n) is 9.17. The number of fused-ring (bicyclic) bond motifs is 1. The maximum Gasteiger partial charge on any atom is 0.234 e. The van der Waals surface area contributed by atoms with E-state index in [1.807, 2.05) is 22.9 Å². The molecule has 140 valence electrons. The predicted octanol–water partition coefficient (Wildman–Crippen LogP) is 3.60. The molecule has 2 aromatic heterocycles. The SMILES string of the molecule is CC(C)(C)Cn1ccc2c(CS(=O)(=O)C3CCCCC3)nc(C#N)nc21. The van der Waals surface area contributed by atoms with Gasteiger partial charge in [-0.2, -0.15) is 5.26 Å². The number of rotatable bonds is 4. The third kappa shape index (κ3) is 4.07. The molecule has 0 spiro atoms. The lowest BCUT2D eigenvalue weighted by Gasteiger charge is -2.22. The van der Waals surface area contributed by atoms with Crippen LogP contribution in [0.4, 0.5) is 0 Å². The molecule has 3 rings (SSSR count). The summed E-state index contributed by atoms with van der Waals surface area (Å²) >= 11 is 0. The van der Waals surface area contributed by atoms with Crippen LogP contribution in [0.15, 0.2) is 12.3 Å². The van der Waals surface area contributed by atoms with Crippen LogP contribution in [0.25, 0.3) is 11.0 Å². The van der Waals surface area contributed by atoms with Crippen molar-refractivity contribution >= 4 is 20.9 Å². The van der Waals surface area contributed by atoms with Crippen molar-refractivity contribution in [2.45, 2.75) is 70.4 Å². The van der Waals surface area contributed by atoms with Crippen molar-refractivity contribution in [2.75, 3.05) is 0 Å². The molecule has 0 radical (unpaired) electrons. The van der Waals surface area contributed by atoms with E-state index in [4.69, 9.17) is 0 Å². The van der Waals surface area contributed by atoms with Gasteiger partial charge in [0.2, 0.25) is 5.82 Å². The molecule has 1 aliphatic rings. The predicted molar refractivity (Wildman–Crippen MR) is 101 cm³/mol. The average molecular weight is 375 g/mol. The highest BCUT2D eigenvalue weighted by Gasteiger charge is 2.29. The lowest BCUT2D eigenvalue weighted by Crippen LogP contribution is -2.26. The molecule has 0 bridgehead atoms. The van der Waals surface area contributed by atoms with Crippen molar-refractivity contribution in [1.82, 2.24) is 14.5 Å². The van der Waals surface area contributed by atoms with Gasteiger partial charge in [0, 0.05) is 18.1 Å². The Balaban J connectivity index is 2.01. The maximum absolute atomic E-state index is 12.9. The van der Waals surface area contributed by atoms with Gasteiger partial charge in [0.05, 0.1) is 16.7 Å². The number of aromatic nitrogens is 3. The Morgan fingerprint density at radius 2 is 1.92 bits per heavy atom. The molecule has 0 saturated heterocycles. The van der Waals surface area contributed by atoms with E-state index in [1.54, 1.807) is 0 Å². The minimum absolute atomic E-state index is 0.0280. The fourth-order valence-electron chi connectivity index (χ4n) is 3.66. The van der Waals surface area contributed by atoms with E-state index in [0.717, 1.165) is 44.0 Å². The summed E-state index contributed by atoms with van der Waals surface area (Å²) in [6.07, 6.45) is 6.41. The van der Waals surface area contributed by atoms with Crippen LogP contribution >= 0.6 is 0 Å². The molecule has 7 heteroatoms. The summed E-state index contributed by atoms with van der Waals surface area (Å²) in [5, 5.41) is 9.74. The van der Waals surface area contributed by atoms with Crippen LogP contribution in [-0.4, -0.2) is 28.2 Å². The monoisotopic (exact) mass is 374 g/mol. The van der Waals surface area contributed by atoms with E-state index in [1.165, 1.54) is 0 Å². The highest BCUT2D eigenvalue weighted by Crippen LogP contribution is 2.28. The van der Waals surface area contributed by atoms with E-state index in [9.17, 15) is 13.7 Å². The maximum atomic E-state index is 12.9. The van der Waals surface area contributed by atoms with Gasteiger partial charge >= 0.3 is 0 Å². The highest BCUT2D eigenvalue weighted by atomic mass is 32.2. The summed E-state index contributed by atoms with van der Waals surface area (Å²) in [5.74, 6) is -0.0922. The number of nitrogens with zero attached hydrogens (tertiary/aromatic N) is 4. The molecular formula is C19H26N4O2S. The zero-order valence-electron chi connectivity index (χ0n) is 15.7. The number of nitriles is 1. The van der Waals surface area contributed by atoms with Gasteiger partial charge in [-0.05, 0) is 24.3 Å². The Kier molecular flexibility index (Phi) is 5.07. The molecule has 0 atom stereocenters. The molecule has 0 N–H and O–H groups in total. The number of hydrogen-bond acceptors (Lipinski definition) is 5. The second kappa shape index (κ2) is 6.99. The van der Waals surface area contributed by atoms with Gasteiger partial charge in [-0.3, -0.25) is 0 Å². The van der Waals surface area contributed by atoms with Crippen LogP contribution in [0.2, 0.25) is 0 Å². The first-order valence-corrected chi connectivity index (χ1v) is 10.9. The average Bonchev–Trinajstić information content (AvgIpc) is 2.96. The van der Waals surface area contributed by atoms with E-state index in [2.05, 4.69) is 30.7 Å². The van der Waals surface area contributed by atoms with Crippen LogP contribution in [0.3, 0.4) is 0 Å². The molecule has 6 nitrogen and oxygen atoms in total. The number of hydrogen-bond donors (Lipinski definition) is 0. The Hall–Kier alpha value is -1.94. The quantitative estimate of drug-likeness (QED) is 0.816. The topological polar surface area (TPSA) is 88.6 Å². The van der Waals surface area contributed by atoms with Crippen LogP contribution in [0, 0.1) is 16.7 Å². The lowest BCUT2D eigenvalue weighted by atomic mass is 9.97. The van der Waals surface area contributed by atoms with Crippen molar-refractivity contribution in [2.24, 2.45) is 5.41 Å². The summed E-state index contributed by atoms with van der Waals surface area (Å²) in [5.41, 5.74) is 1.13. The second-order valence-electron chi connectivity index (χ2n) is 8.41. The molecule has 1 fully saturated rings. The van der Waals surface area contributed by atoms with E-state index in [0.29, 0.717) is 11.3 Å². The van der Waals surface area contributed by atoms with Gasteiger partial charge in [0.15, 0.2) is 9.84 Å². The molecule has 1 saturated carbocycles. The van der Waals surface area contributed by atoms with E-state index in [-0.39, 0.29) is 22.2 Å². The Morgan fingerprint density at radius 3 is 2.54 bits per heavy atom. The molecule has 0 aliphatic heterocycles. The highest BCUT2D eigenvalue weighted by molar-refractivity contribution is 7.91. The zero-order valence-corrected chi connectivity index (χ0v) is 16.5. The molecule has 0 amide bonds. The van der Waals surface area contributed by atoms with Crippen molar-refractivity contribution in [1.29, 1.82) is 5.26 Å². The largest absolute Gasteiger partial charge is 0.332 e. The minimum Gasteiger partial charge on any atom is -0.332 e. The summed E-state index contributed by atoms with van der Waals surface area (Å²) in [6.45, 7) is 7.10. The second-order valence-corrected chi connectivity index (χ2v) is 10.7. The molecule has 1 aliphatic carbocycles. The fourth-order valence-corrected chi connectivity index (χ4v) is 5.55. The lowest BCUT2D eigenvalue weighted by molar-refractivity contribution is 0.348. The molecule has 0 aromatic carbocycles. The first kappa shape index (κ1) is 18.8. The number of sulfone groups is 1. The summed E-state index contributed by atoms with van der Waals surface area (Å²) < 4.78 is 27.7. The molecule has 0 unspecified atom stereocenters. The molecule has 2 heterocycles. The van der Waals surface area contributed by atoms with Gasteiger partial charge in [0.1, 0.15) is 11.7 Å². The summed E-state index contributed by atoms with van der Waals surface area (Å²) in [6, 6.07) is 3.84. The Bertz CT molecular complexity index is 942. The van der Waals surface area contributed by atoms with Crippen LogP contribution in [0.5, 0.6) is 0 Å². The van der Waals surface area contributed by atoms with Gasteiger partial charge in [-0.25, -0.2) is 18.4 Å². The fraction of sp³-hybridized carbons (Fsp3) is 0.632. The molecular weight excluding hydrogens is 348 g/mol. The van der Waals surface area contributed by atoms with E-state index >= 15 is 0 Å². The van der Waals surface area contributed by atoms with Crippen LogP contribution in [0.1, 0.15) is 64.4 Å². The van der Waals surface area contributed by atoms with Gasteiger partial charge in [-0.1, -0.05) is 40.0 Å². The zero-order chi connectivity index (χ0) is 18.9. The summed E-state index contributed by atoms with van der Waals surface area (Å²) in [7, 11) is -3.29. The smallest absolute Gasteiger partial charge is 0.234 e. The van der Waals surface area contributed by atoms with E-state index < -0.39 is 9.84 Å². The first-order chi connectivity index (χ1) is 12.2. The minimum atomic E-state index is -3.29. The Labute approximate surface area is 155 Å². The van der Waals surface area contributed by atoms with Crippen molar-refractivity contribution < 1.29 is 8.42 Å². The third-order valence-corrected chi connectivity index (χ3v) is 7.00. The van der Waals surface area contributed by atoms with Crippen LogP contribution < -0.4 is 0 Å². The van der Waals surface area contributed by atoms with Crippen molar-refractivity contribution in [3.8, 4) is 6.07 Å². The van der Waals surface area contributed by atoms with Crippen molar-refractivity contribution in [3.05, 3.63) is 23.8 Å². The van der Waals surface area contributed by atoms with Gasteiger partial charge in [0.25, 0.3) is 0 Å². The standard InChI is InChI=1S/C19H26N4O2S/c1-19(2,3)13-23-10-9-15-16(21-17(11-20)22-18(15)23)12-26(24,25)14-7-5-4-6-8-14/h9-10,14H,4-8,12-13H2,1-3H3. The van der Waals surface area contributed by atoms with Crippen molar-refractivity contribution in [3.63, 3.8) is 0 Å².